The number of esters is 6. The number of hydrogen-bond donors (Lipinski definition) is 0. The lowest BCUT2D eigenvalue weighted by Crippen LogP contribution is -2.45. The SMILES string of the molecule is C=C(C)C(=O)OCc1cc(-c2ccc(CCCCCCC)cc2F)ccc1-c1ccc(OCC(COC(=O)C(=C)C)(COC(=O)C(=O)OCC)COC(=O)C(=O)OCC)cc1. The highest BCUT2D eigenvalue weighted by Crippen LogP contribution is 2.33. The molecule has 0 fully saturated rings. The van der Waals surface area contributed by atoms with E-state index < -0.39 is 67.7 Å². The Bertz CT molecular complexity index is 2000. The molecule has 0 aliphatic rings. The van der Waals surface area contributed by atoms with Gasteiger partial charge in [-0.15, -0.1) is 0 Å². The molecule has 3 rings (SSSR count). The van der Waals surface area contributed by atoms with Crippen LogP contribution in [0.2, 0.25) is 0 Å². The van der Waals surface area contributed by atoms with E-state index in [1.54, 1.807) is 54.6 Å². The van der Waals surface area contributed by atoms with Gasteiger partial charge in [0.15, 0.2) is 0 Å². The second kappa shape index (κ2) is 24.7. The molecule has 14 heteroatoms. The van der Waals surface area contributed by atoms with Gasteiger partial charge in [0.2, 0.25) is 0 Å². The molecule has 0 aliphatic heterocycles. The number of unbranched alkanes of at least 4 members (excludes halogenated alkanes) is 4. The molecule has 0 amide bonds. The molecule has 3 aromatic rings. The van der Waals surface area contributed by atoms with Gasteiger partial charge in [-0.25, -0.2) is 33.2 Å². The summed E-state index contributed by atoms with van der Waals surface area (Å²) in [6.45, 7) is 12.5. The summed E-state index contributed by atoms with van der Waals surface area (Å²) < 4.78 is 52.3. The summed E-state index contributed by atoms with van der Waals surface area (Å²) in [6, 6.07) is 17.2. The van der Waals surface area contributed by atoms with E-state index in [4.69, 9.17) is 33.2 Å². The standard InChI is InChI=1S/C47H55FO13/c1-8-11-12-13-14-15-33-16-22-39(40(48)24-33)35-19-23-38(36(25-35)26-57-41(49)31(4)5)34-17-20-37(21-18-34)58-27-47(28-59-42(50)32(6)7,29-60-45(53)43(51)55-9-2)30-61-46(54)44(52)56-10-3/h16-25H,4,6,8-15,26-30H2,1-3,5,7H3. The molecule has 0 saturated carbocycles. The minimum atomic E-state index is -1.67. The van der Waals surface area contributed by atoms with Gasteiger partial charge < -0.3 is 33.2 Å². The van der Waals surface area contributed by atoms with Gasteiger partial charge in [0.1, 0.15) is 50.0 Å². The van der Waals surface area contributed by atoms with Crippen molar-refractivity contribution >= 4 is 35.8 Å². The van der Waals surface area contributed by atoms with Crippen LogP contribution in [-0.4, -0.2) is 75.5 Å². The fourth-order valence-corrected chi connectivity index (χ4v) is 5.80. The lowest BCUT2D eigenvalue weighted by molar-refractivity contribution is -0.178. The van der Waals surface area contributed by atoms with E-state index in [1.807, 2.05) is 6.07 Å². The fraction of sp³-hybridized carbons (Fsp3) is 0.404. The van der Waals surface area contributed by atoms with Crippen molar-refractivity contribution in [3.63, 3.8) is 0 Å². The molecule has 0 spiro atoms. The van der Waals surface area contributed by atoms with Crippen LogP contribution >= 0.6 is 0 Å². The van der Waals surface area contributed by atoms with Crippen molar-refractivity contribution in [1.82, 2.24) is 0 Å². The largest absolute Gasteiger partial charge is 0.493 e. The highest BCUT2D eigenvalue weighted by Gasteiger charge is 2.39. The van der Waals surface area contributed by atoms with Gasteiger partial charge in [-0.3, -0.25) is 0 Å². The van der Waals surface area contributed by atoms with E-state index in [-0.39, 0.29) is 42.5 Å². The first-order chi connectivity index (χ1) is 29.1. The summed E-state index contributed by atoms with van der Waals surface area (Å²) in [7, 11) is 0. The van der Waals surface area contributed by atoms with Crippen molar-refractivity contribution in [3.8, 4) is 28.0 Å². The average molecular weight is 847 g/mol. The normalized spacial score (nSPS) is 10.9. The van der Waals surface area contributed by atoms with Crippen LogP contribution in [0.3, 0.4) is 0 Å². The molecule has 0 bridgehead atoms. The van der Waals surface area contributed by atoms with Crippen molar-refractivity contribution in [2.75, 3.05) is 39.6 Å². The van der Waals surface area contributed by atoms with E-state index in [0.29, 0.717) is 27.8 Å². The monoisotopic (exact) mass is 846 g/mol. The molecule has 0 atom stereocenters. The van der Waals surface area contributed by atoms with Gasteiger partial charge in [-0.05, 0) is 92.6 Å². The van der Waals surface area contributed by atoms with Crippen molar-refractivity contribution in [2.24, 2.45) is 5.41 Å². The maximum atomic E-state index is 15.5. The van der Waals surface area contributed by atoms with Crippen LogP contribution in [0.25, 0.3) is 22.3 Å². The molecule has 0 saturated heterocycles. The van der Waals surface area contributed by atoms with Crippen molar-refractivity contribution in [1.29, 1.82) is 0 Å². The predicted molar refractivity (Wildman–Crippen MR) is 223 cm³/mol. The van der Waals surface area contributed by atoms with E-state index in [0.717, 1.165) is 37.7 Å². The summed E-state index contributed by atoms with van der Waals surface area (Å²) in [5.74, 6) is -6.84. The number of carbonyl (C=O) groups is 6. The fourth-order valence-electron chi connectivity index (χ4n) is 5.80. The Kier molecular flexibility index (Phi) is 19.9. The molecule has 0 heterocycles. The summed E-state index contributed by atoms with van der Waals surface area (Å²) in [4.78, 5) is 73.9. The maximum absolute atomic E-state index is 15.5. The first-order valence-corrected chi connectivity index (χ1v) is 20.1. The first-order valence-electron chi connectivity index (χ1n) is 20.1. The van der Waals surface area contributed by atoms with Gasteiger partial charge in [0.25, 0.3) is 0 Å². The van der Waals surface area contributed by atoms with Crippen LogP contribution in [-0.2, 0) is 70.2 Å². The summed E-state index contributed by atoms with van der Waals surface area (Å²) in [6.07, 6.45) is 6.36. The van der Waals surface area contributed by atoms with Gasteiger partial charge >= 0.3 is 35.8 Å². The zero-order valence-electron chi connectivity index (χ0n) is 35.6. The number of halogens is 1. The summed E-state index contributed by atoms with van der Waals surface area (Å²) in [5.41, 5.74) is 2.42. The Morgan fingerprint density at radius 2 is 1.07 bits per heavy atom. The van der Waals surface area contributed by atoms with Crippen LogP contribution in [0.4, 0.5) is 4.39 Å². The average Bonchev–Trinajstić information content (AvgIpc) is 3.24. The predicted octanol–water partition coefficient (Wildman–Crippen LogP) is 7.99. The minimum absolute atomic E-state index is 0.0331. The van der Waals surface area contributed by atoms with Gasteiger partial charge in [0, 0.05) is 16.7 Å². The molecule has 61 heavy (non-hydrogen) atoms. The van der Waals surface area contributed by atoms with Crippen LogP contribution in [0.1, 0.15) is 77.8 Å². The van der Waals surface area contributed by atoms with Crippen molar-refractivity contribution in [2.45, 2.75) is 79.8 Å². The second-order valence-electron chi connectivity index (χ2n) is 14.5. The van der Waals surface area contributed by atoms with Crippen LogP contribution in [0.15, 0.2) is 85.0 Å². The topological polar surface area (TPSA) is 167 Å². The second-order valence-corrected chi connectivity index (χ2v) is 14.5. The maximum Gasteiger partial charge on any atom is 0.417 e. The Morgan fingerprint density at radius 3 is 1.61 bits per heavy atom. The quantitative estimate of drug-likeness (QED) is 0.0297. The molecule has 0 aliphatic carbocycles. The number of rotatable bonds is 23. The molecular formula is C47H55FO13. The third-order valence-electron chi connectivity index (χ3n) is 9.20. The molecule has 13 nitrogen and oxygen atoms in total. The number of ether oxygens (including phenoxy) is 7. The van der Waals surface area contributed by atoms with Crippen LogP contribution < -0.4 is 4.74 Å². The lowest BCUT2D eigenvalue weighted by Gasteiger charge is -2.31. The smallest absolute Gasteiger partial charge is 0.417 e. The Morgan fingerprint density at radius 1 is 0.557 bits per heavy atom. The highest BCUT2D eigenvalue weighted by molar-refractivity contribution is 6.30. The minimum Gasteiger partial charge on any atom is -0.493 e. The Hall–Kier alpha value is -6.31. The van der Waals surface area contributed by atoms with Crippen LogP contribution in [0, 0.1) is 11.2 Å². The Balaban J connectivity index is 1.94. The first kappa shape index (κ1) is 49.1. The van der Waals surface area contributed by atoms with Crippen molar-refractivity contribution in [3.05, 3.63) is 102 Å². The van der Waals surface area contributed by atoms with Gasteiger partial charge in [-0.2, -0.15) is 0 Å². The van der Waals surface area contributed by atoms with E-state index in [2.05, 4.69) is 20.1 Å². The Labute approximate surface area is 356 Å². The summed E-state index contributed by atoms with van der Waals surface area (Å²) >= 11 is 0. The molecule has 0 unspecified atom stereocenters. The van der Waals surface area contributed by atoms with Gasteiger partial charge in [-0.1, -0.05) is 82.2 Å². The molecule has 0 N–H and O–H groups in total. The molecular weight excluding hydrogens is 792 g/mol. The lowest BCUT2D eigenvalue weighted by atomic mass is 9.92. The zero-order valence-corrected chi connectivity index (χ0v) is 35.6. The third kappa shape index (κ3) is 15.7. The third-order valence-corrected chi connectivity index (χ3v) is 9.20. The van der Waals surface area contributed by atoms with E-state index >= 15 is 4.39 Å². The molecule has 0 radical (unpaired) electrons. The van der Waals surface area contributed by atoms with Crippen molar-refractivity contribution < 1.29 is 66.3 Å². The summed E-state index contributed by atoms with van der Waals surface area (Å²) in [5, 5.41) is 0. The number of carbonyl (C=O) groups excluding carboxylic acids is 6. The molecule has 3 aromatic carbocycles. The molecule has 328 valence electrons. The van der Waals surface area contributed by atoms with Crippen LogP contribution in [0.5, 0.6) is 5.75 Å². The number of aryl methyl sites for hydroxylation is 1. The molecule has 0 aromatic heterocycles. The zero-order chi connectivity index (χ0) is 45.0. The van der Waals surface area contributed by atoms with E-state index in [1.165, 1.54) is 34.1 Å². The van der Waals surface area contributed by atoms with Gasteiger partial charge in [0.05, 0.1) is 13.2 Å². The highest BCUT2D eigenvalue weighted by atomic mass is 19.1. The number of hydrogen-bond acceptors (Lipinski definition) is 13. The number of benzene rings is 3. The van der Waals surface area contributed by atoms with E-state index in [9.17, 15) is 28.8 Å².